The van der Waals surface area contributed by atoms with Crippen molar-refractivity contribution in [3.63, 3.8) is 0 Å². The largest absolute Gasteiger partial charge is 0.497 e. The predicted octanol–water partition coefficient (Wildman–Crippen LogP) is 2.92. The standard InChI is InChI=1S/C16H17N3O/c1-20-14-9-7-13(8-10-14)19-15(11-16(17)18-19)12-5-3-2-4-6-12/h2-10,15H,11H2,1H3,(H2,17,18)/t15-/m1/s1. The SMILES string of the molecule is COc1ccc(N2N=C(N)C[C@@H]2c2ccccc2)cc1. The summed E-state index contributed by atoms with van der Waals surface area (Å²) in [6.45, 7) is 0. The van der Waals surface area contributed by atoms with Crippen molar-refractivity contribution in [3.05, 3.63) is 60.2 Å². The van der Waals surface area contributed by atoms with E-state index in [1.165, 1.54) is 5.56 Å². The molecule has 20 heavy (non-hydrogen) atoms. The summed E-state index contributed by atoms with van der Waals surface area (Å²) in [7, 11) is 1.66. The zero-order valence-electron chi connectivity index (χ0n) is 11.4. The van der Waals surface area contributed by atoms with E-state index >= 15 is 0 Å². The quantitative estimate of drug-likeness (QED) is 0.930. The second-order valence-corrected chi connectivity index (χ2v) is 4.76. The lowest BCUT2D eigenvalue weighted by molar-refractivity contribution is 0.415. The Kier molecular flexibility index (Phi) is 3.29. The van der Waals surface area contributed by atoms with Crippen molar-refractivity contribution >= 4 is 11.5 Å². The van der Waals surface area contributed by atoms with E-state index in [-0.39, 0.29) is 6.04 Å². The maximum Gasteiger partial charge on any atom is 0.122 e. The van der Waals surface area contributed by atoms with Gasteiger partial charge in [0.05, 0.1) is 18.8 Å². The van der Waals surface area contributed by atoms with Gasteiger partial charge in [0.25, 0.3) is 0 Å². The number of anilines is 1. The molecule has 0 saturated heterocycles. The van der Waals surface area contributed by atoms with E-state index in [4.69, 9.17) is 10.5 Å². The van der Waals surface area contributed by atoms with Crippen LogP contribution in [0.15, 0.2) is 59.7 Å². The van der Waals surface area contributed by atoms with Gasteiger partial charge in [-0.2, -0.15) is 5.10 Å². The maximum absolute atomic E-state index is 5.93. The summed E-state index contributed by atoms with van der Waals surface area (Å²) in [5.74, 6) is 1.50. The fraction of sp³-hybridized carbons (Fsp3) is 0.188. The Balaban J connectivity index is 1.92. The summed E-state index contributed by atoms with van der Waals surface area (Å²) in [6.07, 6.45) is 0.746. The van der Waals surface area contributed by atoms with E-state index in [9.17, 15) is 0 Å². The van der Waals surface area contributed by atoms with E-state index in [1.54, 1.807) is 7.11 Å². The molecule has 2 N–H and O–H groups in total. The van der Waals surface area contributed by atoms with Gasteiger partial charge < -0.3 is 10.5 Å². The molecule has 0 saturated carbocycles. The van der Waals surface area contributed by atoms with Crippen molar-refractivity contribution in [2.75, 3.05) is 12.1 Å². The zero-order chi connectivity index (χ0) is 13.9. The van der Waals surface area contributed by atoms with Crippen LogP contribution in [0.5, 0.6) is 5.75 Å². The van der Waals surface area contributed by atoms with Gasteiger partial charge >= 0.3 is 0 Å². The van der Waals surface area contributed by atoms with Crippen molar-refractivity contribution in [1.29, 1.82) is 0 Å². The Bertz CT molecular complexity index is 607. The van der Waals surface area contributed by atoms with Crippen LogP contribution in [0.2, 0.25) is 0 Å². The molecule has 102 valence electrons. The van der Waals surface area contributed by atoms with Crippen molar-refractivity contribution in [2.45, 2.75) is 12.5 Å². The van der Waals surface area contributed by atoms with Gasteiger partial charge in [-0.05, 0) is 29.8 Å². The summed E-state index contributed by atoms with van der Waals surface area (Å²) in [5.41, 5.74) is 8.16. The van der Waals surface area contributed by atoms with Gasteiger partial charge in [-0.15, -0.1) is 0 Å². The third-order valence-electron chi connectivity index (χ3n) is 3.46. The Hall–Kier alpha value is -2.49. The van der Waals surface area contributed by atoms with Crippen LogP contribution in [0.25, 0.3) is 0 Å². The van der Waals surface area contributed by atoms with Crippen molar-refractivity contribution < 1.29 is 4.74 Å². The topological polar surface area (TPSA) is 50.8 Å². The molecule has 0 fully saturated rings. The second kappa shape index (κ2) is 5.25. The van der Waals surface area contributed by atoms with Crippen LogP contribution in [0.3, 0.4) is 0 Å². The van der Waals surface area contributed by atoms with Crippen molar-refractivity contribution in [1.82, 2.24) is 0 Å². The minimum absolute atomic E-state index is 0.157. The molecule has 3 rings (SSSR count). The van der Waals surface area contributed by atoms with Gasteiger partial charge in [0.15, 0.2) is 0 Å². The molecule has 1 aliphatic heterocycles. The third-order valence-corrected chi connectivity index (χ3v) is 3.46. The van der Waals surface area contributed by atoms with Crippen molar-refractivity contribution in [3.8, 4) is 5.75 Å². The normalized spacial score (nSPS) is 17.9. The van der Waals surface area contributed by atoms with E-state index in [0.717, 1.165) is 17.9 Å². The van der Waals surface area contributed by atoms with Crippen LogP contribution in [-0.2, 0) is 0 Å². The molecule has 0 spiro atoms. The first-order valence-corrected chi connectivity index (χ1v) is 6.59. The molecule has 0 aliphatic carbocycles. The van der Waals surface area contributed by atoms with Gasteiger partial charge in [-0.3, -0.25) is 5.01 Å². The van der Waals surface area contributed by atoms with Crippen LogP contribution in [-0.4, -0.2) is 12.9 Å². The summed E-state index contributed by atoms with van der Waals surface area (Å²) in [4.78, 5) is 0. The Morgan fingerprint density at radius 1 is 1.10 bits per heavy atom. The Morgan fingerprint density at radius 3 is 2.45 bits per heavy atom. The number of ether oxygens (including phenoxy) is 1. The van der Waals surface area contributed by atoms with Crippen molar-refractivity contribution in [2.24, 2.45) is 10.8 Å². The monoisotopic (exact) mass is 267 g/mol. The van der Waals surface area contributed by atoms with E-state index in [0.29, 0.717) is 5.84 Å². The summed E-state index contributed by atoms with van der Waals surface area (Å²) >= 11 is 0. The first kappa shape index (κ1) is 12.5. The zero-order valence-corrected chi connectivity index (χ0v) is 11.4. The van der Waals surface area contributed by atoms with E-state index in [1.807, 2.05) is 47.5 Å². The first-order chi connectivity index (χ1) is 9.78. The molecule has 0 radical (unpaired) electrons. The van der Waals surface area contributed by atoms with Gasteiger partial charge in [0.2, 0.25) is 0 Å². The molecule has 0 aromatic heterocycles. The first-order valence-electron chi connectivity index (χ1n) is 6.59. The predicted molar refractivity (Wildman–Crippen MR) is 80.9 cm³/mol. The molecule has 0 unspecified atom stereocenters. The highest BCUT2D eigenvalue weighted by Gasteiger charge is 2.27. The van der Waals surface area contributed by atoms with Gasteiger partial charge in [-0.1, -0.05) is 30.3 Å². The fourth-order valence-electron chi connectivity index (χ4n) is 2.44. The highest BCUT2D eigenvalue weighted by molar-refractivity contribution is 5.85. The number of nitrogens with zero attached hydrogens (tertiary/aromatic N) is 2. The molecule has 2 aromatic rings. The molecule has 1 atom stereocenters. The van der Waals surface area contributed by atoms with Crippen LogP contribution < -0.4 is 15.5 Å². The van der Waals surface area contributed by atoms with Gasteiger partial charge in [0.1, 0.15) is 11.6 Å². The van der Waals surface area contributed by atoms with E-state index < -0.39 is 0 Å². The van der Waals surface area contributed by atoms with Crippen LogP contribution in [0.4, 0.5) is 5.69 Å². The second-order valence-electron chi connectivity index (χ2n) is 4.76. The molecule has 4 heteroatoms. The summed E-state index contributed by atoms with van der Waals surface area (Å²) in [5, 5.41) is 6.44. The highest BCUT2D eigenvalue weighted by Crippen LogP contribution is 2.34. The highest BCUT2D eigenvalue weighted by atomic mass is 16.5. The number of amidine groups is 1. The lowest BCUT2D eigenvalue weighted by atomic mass is 10.0. The molecule has 1 aliphatic rings. The number of methoxy groups -OCH3 is 1. The molecule has 2 aromatic carbocycles. The molecule has 1 heterocycles. The minimum atomic E-state index is 0.157. The number of benzene rings is 2. The third kappa shape index (κ3) is 2.32. The molecule has 0 amide bonds. The van der Waals surface area contributed by atoms with Crippen LogP contribution >= 0.6 is 0 Å². The minimum Gasteiger partial charge on any atom is -0.497 e. The summed E-state index contributed by atoms with van der Waals surface area (Å²) in [6, 6.07) is 18.3. The Morgan fingerprint density at radius 2 is 1.80 bits per heavy atom. The van der Waals surface area contributed by atoms with Crippen LogP contribution in [0, 0.1) is 0 Å². The lowest BCUT2D eigenvalue weighted by Crippen LogP contribution is -2.18. The number of nitrogens with two attached hydrogens (primary N) is 1. The van der Waals surface area contributed by atoms with Gasteiger partial charge in [-0.25, -0.2) is 0 Å². The molecule has 0 bridgehead atoms. The average molecular weight is 267 g/mol. The Labute approximate surface area is 118 Å². The average Bonchev–Trinajstić information content (AvgIpc) is 2.90. The van der Waals surface area contributed by atoms with E-state index in [2.05, 4.69) is 17.2 Å². The maximum atomic E-state index is 5.93. The number of hydrogen-bond acceptors (Lipinski definition) is 4. The molecular weight excluding hydrogens is 250 g/mol. The van der Waals surface area contributed by atoms with Gasteiger partial charge in [0, 0.05) is 6.42 Å². The number of hydrazone groups is 1. The molecular formula is C16H17N3O. The number of hydrogen-bond donors (Lipinski definition) is 1. The molecule has 4 nitrogen and oxygen atoms in total. The van der Waals surface area contributed by atoms with Crippen LogP contribution in [0.1, 0.15) is 18.0 Å². The lowest BCUT2D eigenvalue weighted by Gasteiger charge is -2.23. The number of rotatable bonds is 3. The smallest absolute Gasteiger partial charge is 0.122 e. The fourth-order valence-corrected chi connectivity index (χ4v) is 2.44. The summed E-state index contributed by atoms with van der Waals surface area (Å²) < 4.78 is 5.19.